The van der Waals surface area contributed by atoms with E-state index in [1.165, 1.54) is 0 Å². The van der Waals surface area contributed by atoms with Gasteiger partial charge in [-0.1, -0.05) is 29.8 Å². The number of ketones is 1. The van der Waals surface area contributed by atoms with Crippen molar-refractivity contribution in [2.45, 2.75) is 19.9 Å². The smallest absolute Gasteiger partial charge is 0.232 e. The first-order chi connectivity index (χ1) is 17.0. The van der Waals surface area contributed by atoms with Crippen LogP contribution in [0.25, 0.3) is 6.08 Å². The van der Waals surface area contributed by atoms with Gasteiger partial charge in [0.15, 0.2) is 17.3 Å². The zero-order valence-corrected chi connectivity index (χ0v) is 20.6. The third kappa shape index (κ3) is 4.59. The van der Waals surface area contributed by atoms with Crippen molar-refractivity contribution in [3.63, 3.8) is 0 Å². The van der Waals surface area contributed by atoms with Gasteiger partial charge in [-0.05, 0) is 66.4 Å². The molecular formula is C28H26ClNO5. The van der Waals surface area contributed by atoms with Gasteiger partial charge in [0.05, 0.1) is 25.3 Å². The van der Waals surface area contributed by atoms with Crippen molar-refractivity contribution in [2.24, 2.45) is 0 Å². The van der Waals surface area contributed by atoms with Crippen LogP contribution in [0.3, 0.4) is 0 Å². The SMILES string of the molecule is COc1ccc(CCN2COc3cc(C)c4c(c3C2)O/C(=C/c2cccc(Cl)c2)C4=O)cc1OC. The lowest BCUT2D eigenvalue weighted by Gasteiger charge is -2.30. The molecule has 5 rings (SSSR count). The Morgan fingerprint density at radius 2 is 1.91 bits per heavy atom. The van der Waals surface area contributed by atoms with Crippen LogP contribution in [0.15, 0.2) is 54.3 Å². The summed E-state index contributed by atoms with van der Waals surface area (Å²) in [6, 6.07) is 15.2. The molecule has 0 bridgehead atoms. The third-order valence-electron chi connectivity index (χ3n) is 6.30. The number of nitrogens with zero attached hydrogens (tertiary/aromatic N) is 1. The van der Waals surface area contributed by atoms with E-state index >= 15 is 0 Å². The van der Waals surface area contributed by atoms with Crippen LogP contribution < -0.4 is 18.9 Å². The second kappa shape index (κ2) is 9.64. The van der Waals surface area contributed by atoms with E-state index in [4.69, 9.17) is 30.5 Å². The van der Waals surface area contributed by atoms with Gasteiger partial charge in [0.2, 0.25) is 5.78 Å². The fraction of sp³-hybridized carbons (Fsp3) is 0.250. The zero-order chi connectivity index (χ0) is 24.5. The van der Waals surface area contributed by atoms with Crippen LogP contribution >= 0.6 is 11.6 Å². The molecule has 0 radical (unpaired) electrons. The van der Waals surface area contributed by atoms with Gasteiger partial charge in [-0.2, -0.15) is 0 Å². The average molecular weight is 492 g/mol. The third-order valence-corrected chi connectivity index (χ3v) is 6.53. The standard InChI is InChI=1S/C28H26ClNO5/c1-17-11-23-21(28-26(17)27(31)25(35-28)14-19-5-4-6-20(29)12-19)15-30(16-34-23)10-9-18-7-8-22(32-2)24(13-18)33-3/h4-8,11-14H,9-10,15-16H2,1-3H3/b25-14+. The lowest BCUT2D eigenvalue weighted by molar-refractivity contribution is 0.0949. The summed E-state index contributed by atoms with van der Waals surface area (Å²) in [6.07, 6.45) is 2.55. The van der Waals surface area contributed by atoms with E-state index in [9.17, 15) is 4.79 Å². The number of hydrogen-bond acceptors (Lipinski definition) is 6. The molecule has 0 fully saturated rings. The first-order valence-electron chi connectivity index (χ1n) is 11.4. The molecule has 0 atom stereocenters. The van der Waals surface area contributed by atoms with Crippen LogP contribution in [0.1, 0.15) is 32.6 Å². The number of allylic oxidation sites excluding steroid dienone is 1. The summed E-state index contributed by atoms with van der Waals surface area (Å²) in [6.45, 7) is 3.78. The Morgan fingerprint density at radius 3 is 2.69 bits per heavy atom. The number of ether oxygens (including phenoxy) is 4. The van der Waals surface area contributed by atoms with Crippen LogP contribution in [0.5, 0.6) is 23.0 Å². The number of carbonyl (C=O) groups excluding carboxylic acids is 1. The van der Waals surface area contributed by atoms with Gasteiger partial charge in [-0.3, -0.25) is 9.69 Å². The normalized spacial score (nSPS) is 15.9. The monoisotopic (exact) mass is 491 g/mol. The molecule has 3 aromatic rings. The largest absolute Gasteiger partial charge is 0.493 e. The maximum atomic E-state index is 13.2. The van der Waals surface area contributed by atoms with Gasteiger partial charge in [-0.15, -0.1) is 0 Å². The van der Waals surface area contributed by atoms with Crippen molar-refractivity contribution < 1.29 is 23.7 Å². The molecule has 0 N–H and O–H groups in total. The number of fused-ring (bicyclic) bond motifs is 3. The van der Waals surface area contributed by atoms with Gasteiger partial charge in [-0.25, -0.2) is 0 Å². The van der Waals surface area contributed by atoms with Crippen molar-refractivity contribution in [1.29, 1.82) is 0 Å². The van der Waals surface area contributed by atoms with Crippen molar-refractivity contribution in [3.8, 4) is 23.0 Å². The van der Waals surface area contributed by atoms with E-state index < -0.39 is 0 Å². The zero-order valence-electron chi connectivity index (χ0n) is 19.9. The second-order valence-corrected chi connectivity index (χ2v) is 9.07. The number of aryl methyl sites for hydroxylation is 1. The molecule has 0 saturated carbocycles. The molecule has 0 spiro atoms. The minimum absolute atomic E-state index is 0.122. The minimum atomic E-state index is -0.122. The minimum Gasteiger partial charge on any atom is -0.493 e. The number of rotatable bonds is 6. The summed E-state index contributed by atoms with van der Waals surface area (Å²) in [4.78, 5) is 15.4. The first kappa shape index (κ1) is 23.3. The Balaban J connectivity index is 1.36. The summed E-state index contributed by atoms with van der Waals surface area (Å²) >= 11 is 6.11. The molecule has 0 aromatic heterocycles. The Bertz CT molecular complexity index is 1330. The summed E-state index contributed by atoms with van der Waals surface area (Å²) in [5.74, 6) is 2.95. The topological polar surface area (TPSA) is 57.2 Å². The highest BCUT2D eigenvalue weighted by molar-refractivity contribution is 6.30. The highest BCUT2D eigenvalue weighted by Crippen LogP contribution is 2.44. The van der Waals surface area contributed by atoms with Gasteiger partial charge in [0.1, 0.15) is 18.2 Å². The molecule has 2 aliphatic rings. The number of carbonyl (C=O) groups is 1. The predicted molar refractivity (Wildman–Crippen MR) is 135 cm³/mol. The lowest BCUT2D eigenvalue weighted by atomic mass is 9.98. The molecule has 180 valence electrons. The number of methoxy groups -OCH3 is 2. The summed E-state index contributed by atoms with van der Waals surface area (Å²) in [5, 5.41) is 0.606. The Hall–Kier alpha value is -3.48. The van der Waals surface area contributed by atoms with Gasteiger partial charge in [0.25, 0.3) is 0 Å². The molecule has 0 amide bonds. The van der Waals surface area contributed by atoms with Crippen molar-refractivity contribution in [1.82, 2.24) is 4.90 Å². The maximum Gasteiger partial charge on any atom is 0.232 e. The highest BCUT2D eigenvalue weighted by Gasteiger charge is 2.35. The molecule has 35 heavy (non-hydrogen) atoms. The lowest BCUT2D eigenvalue weighted by Crippen LogP contribution is -2.34. The maximum absolute atomic E-state index is 13.2. The van der Waals surface area contributed by atoms with Crippen LogP contribution in [-0.2, 0) is 13.0 Å². The highest BCUT2D eigenvalue weighted by atomic mass is 35.5. The average Bonchev–Trinajstić information content (AvgIpc) is 3.19. The van der Waals surface area contributed by atoms with Crippen LogP contribution in [0.4, 0.5) is 0 Å². The molecule has 0 saturated heterocycles. The van der Waals surface area contributed by atoms with Crippen molar-refractivity contribution >= 4 is 23.5 Å². The molecule has 2 aliphatic heterocycles. The summed E-state index contributed by atoms with van der Waals surface area (Å²) in [5.41, 5.74) is 4.29. The number of Topliss-reactive ketones (excluding diaryl/α,β-unsaturated/α-hetero) is 1. The van der Waals surface area contributed by atoms with E-state index in [0.29, 0.717) is 46.9 Å². The molecule has 0 unspecified atom stereocenters. The quantitative estimate of drug-likeness (QED) is 0.414. The number of halogens is 1. The van der Waals surface area contributed by atoms with Gasteiger partial charge < -0.3 is 18.9 Å². The Labute approximate surface area is 209 Å². The van der Waals surface area contributed by atoms with Crippen molar-refractivity contribution in [3.05, 3.63) is 87.1 Å². The Morgan fingerprint density at radius 1 is 1.09 bits per heavy atom. The molecule has 6 nitrogen and oxygen atoms in total. The van der Waals surface area contributed by atoms with Crippen molar-refractivity contribution in [2.75, 3.05) is 27.5 Å². The molecule has 0 aliphatic carbocycles. The fourth-order valence-electron chi connectivity index (χ4n) is 4.49. The Kier molecular flexibility index (Phi) is 6.41. The molecule has 3 aromatic carbocycles. The number of hydrogen-bond donors (Lipinski definition) is 0. The summed E-state index contributed by atoms with van der Waals surface area (Å²) in [7, 11) is 3.26. The number of benzene rings is 3. The molecule has 7 heteroatoms. The van der Waals surface area contributed by atoms with Gasteiger partial charge in [0, 0.05) is 18.1 Å². The van der Waals surface area contributed by atoms with Crippen LogP contribution in [-0.4, -0.2) is 38.2 Å². The van der Waals surface area contributed by atoms with E-state index in [1.54, 1.807) is 32.4 Å². The second-order valence-electron chi connectivity index (χ2n) is 8.63. The molecule has 2 heterocycles. The first-order valence-corrected chi connectivity index (χ1v) is 11.8. The van der Waals surface area contributed by atoms with E-state index in [1.807, 2.05) is 43.3 Å². The molecular weight excluding hydrogens is 466 g/mol. The van der Waals surface area contributed by atoms with Crippen LogP contribution in [0, 0.1) is 6.92 Å². The van der Waals surface area contributed by atoms with Crippen LogP contribution in [0.2, 0.25) is 5.02 Å². The van der Waals surface area contributed by atoms with E-state index in [-0.39, 0.29) is 5.78 Å². The van der Waals surface area contributed by atoms with Gasteiger partial charge >= 0.3 is 0 Å². The van der Waals surface area contributed by atoms with E-state index in [0.717, 1.165) is 41.0 Å². The fourth-order valence-corrected chi connectivity index (χ4v) is 4.69. The van der Waals surface area contributed by atoms with E-state index in [2.05, 4.69) is 4.90 Å². The predicted octanol–water partition coefficient (Wildman–Crippen LogP) is 5.68. The summed E-state index contributed by atoms with van der Waals surface area (Å²) < 4.78 is 23.0.